The summed E-state index contributed by atoms with van der Waals surface area (Å²) in [6, 6.07) is 3.24. The van der Waals surface area contributed by atoms with Crippen LogP contribution in [0, 0.1) is 20.2 Å². The molecule has 7 nitrogen and oxygen atoms in total. The molecule has 0 heterocycles. The van der Waals surface area contributed by atoms with Crippen molar-refractivity contribution < 1.29 is 9.85 Å². The Balaban J connectivity index is 0.00000225. The molecule has 1 atom stereocenters. The summed E-state index contributed by atoms with van der Waals surface area (Å²) in [7, 11) is 0. The molecule has 0 aromatic heterocycles. The summed E-state index contributed by atoms with van der Waals surface area (Å²) in [5, 5.41) is 21.0. The quantitative estimate of drug-likeness (QED) is 0.648. The van der Waals surface area contributed by atoms with E-state index in [1.54, 1.807) is 6.92 Å². The SMILES string of the molecule is CC(N)c1ccc([N+](=O)[O-])c([N+](=O)[O-])c1.Cl. The zero-order valence-corrected chi connectivity index (χ0v) is 9.14. The maximum Gasteiger partial charge on any atom is 0.346 e. The van der Waals surface area contributed by atoms with Gasteiger partial charge in [0.25, 0.3) is 0 Å². The number of nitrogens with zero attached hydrogens (tertiary/aromatic N) is 2. The van der Waals surface area contributed by atoms with Crippen molar-refractivity contribution in [3.05, 3.63) is 44.0 Å². The molecule has 1 aromatic carbocycles. The van der Waals surface area contributed by atoms with Crippen molar-refractivity contribution in [1.82, 2.24) is 0 Å². The van der Waals surface area contributed by atoms with Gasteiger partial charge >= 0.3 is 11.4 Å². The Bertz CT molecular complexity index is 422. The molecule has 8 heteroatoms. The van der Waals surface area contributed by atoms with Gasteiger partial charge in [0.1, 0.15) is 0 Å². The normalized spacial score (nSPS) is 11.4. The van der Waals surface area contributed by atoms with Crippen LogP contribution in [0.2, 0.25) is 0 Å². The summed E-state index contributed by atoms with van der Waals surface area (Å²) in [6.45, 7) is 1.64. The second-order valence-electron chi connectivity index (χ2n) is 3.05. The van der Waals surface area contributed by atoms with Crippen molar-refractivity contribution >= 4 is 23.8 Å². The fraction of sp³-hybridized carbons (Fsp3) is 0.250. The van der Waals surface area contributed by atoms with Gasteiger partial charge < -0.3 is 5.73 Å². The van der Waals surface area contributed by atoms with E-state index in [9.17, 15) is 20.2 Å². The van der Waals surface area contributed by atoms with Crippen LogP contribution in [0.25, 0.3) is 0 Å². The Morgan fingerprint density at radius 3 is 2.06 bits per heavy atom. The highest BCUT2D eigenvalue weighted by molar-refractivity contribution is 5.85. The van der Waals surface area contributed by atoms with Gasteiger partial charge in [0, 0.05) is 18.2 Å². The molecular formula is C8H10ClN3O4. The van der Waals surface area contributed by atoms with Gasteiger partial charge in [-0.05, 0) is 12.5 Å². The molecule has 0 aliphatic heterocycles. The fourth-order valence-corrected chi connectivity index (χ4v) is 1.12. The molecule has 2 N–H and O–H groups in total. The monoisotopic (exact) mass is 247 g/mol. The van der Waals surface area contributed by atoms with Gasteiger partial charge in [0.15, 0.2) is 0 Å². The molecule has 1 unspecified atom stereocenters. The van der Waals surface area contributed by atoms with Crippen molar-refractivity contribution in [3.8, 4) is 0 Å². The van der Waals surface area contributed by atoms with Crippen LogP contribution in [0.1, 0.15) is 18.5 Å². The lowest BCUT2D eigenvalue weighted by molar-refractivity contribution is -0.422. The van der Waals surface area contributed by atoms with Crippen LogP contribution in [0.3, 0.4) is 0 Å². The minimum atomic E-state index is -0.789. The van der Waals surface area contributed by atoms with Crippen molar-refractivity contribution in [1.29, 1.82) is 0 Å². The van der Waals surface area contributed by atoms with Crippen LogP contribution < -0.4 is 5.73 Å². The Hall–Kier alpha value is -1.73. The molecule has 0 saturated carbocycles. The van der Waals surface area contributed by atoms with Crippen LogP contribution in [0.15, 0.2) is 18.2 Å². The van der Waals surface area contributed by atoms with E-state index in [-0.39, 0.29) is 12.4 Å². The molecule has 0 radical (unpaired) electrons. The number of nitro groups is 2. The van der Waals surface area contributed by atoms with Crippen LogP contribution >= 0.6 is 12.4 Å². The van der Waals surface area contributed by atoms with Gasteiger partial charge in [0.05, 0.1) is 9.85 Å². The first-order valence-corrected chi connectivity index (χ1v) is 4.11. The number of rotatable bonds is 3. The first kappa shape index (κ1) is 14.3. The average molecular weight is 248 g/mol. The molecule has 0 aliphatic rings. The van der Waals surface area contributed by atoms with Crippen LogP contribution in [-0.4, -0.2) is 9.85 Å². The van der Waals surface area contributed by atoms with E-state index in [0.717, 1.165) is 12.1 Å². The lowest BCUT2D eigenvalue weighted by Crippen LogP contribution is -2.06. The van der Waals surface area contributed by atoms with E-state index < -0.39 is 27.3 Å². The lowest BCUT2D eigenvalue weighted by atomic mass is 10.1. The summed E-state index contributed by atoms with van der Waals surface area (Å²) >= 11 is 0. The standard InChI is InChI=1S/C8H9N3O4.ClH/c1-5(9)6-2-3-7(10(12)13)8(4-6)11(14)15;/h2-5H,9H2,1H3;1H. The first-order chi connectivity index (χ1) is 6.93. The predicted octanol–water partition coefficient (Wildman–Crippen LogP) is 1.94. The van der Waals surface area contributed by atoms with Gasteiger partial charge in [-0.1, -0.05) is 6.07 Å². The van der Waals surface area contributed by atoms with E-state index in [1.807, 2.05) is 0 Å². The molecule has 0 saturated heterocycles. The van der Waals surface area contributed by atoms with Crippen molar-refractivity contribution in [2.75, 3.05) is 0 Å². The largest absolute Gasteiger partial charge is 0.346 e. The Kier molecular flexibility index (Phi) is 4.80. The van der Waals surface area contributed by atoms with Crippen molar-refractivity contribution in [3.63, 3.8) is 0 Å². The van der Waals surface area contributed by atoms with Gasteiger partial charge in [0.2, 0.25) is 0 Å². The number of nitrogens with two attached hydrogens (primary N) is 1. The number of hydrogen-bond acceptors (Lipinski definition) is 5. The van der Waals surface area contributed by atoms with Gasteiger partial charge in [-0.15, -0.1) is 12.4 Å². The third kappa shape index (κ3) is 2.88. The molecular weight excluding hydrogens is 238 g/mol. The van der Waals surface area contributed by atoms with E-state index in [2.05, 4.69) is 0 Å². The number of nitro benzene ring substituents is 2. The molecule has 0 fully saturated rings. The fourth-order valence-electron chi connectivity index (χ4n) is 1.12. The number of benzene rings is 1. The van der Waals surface area contributed by atoms with E-state index >= 15 is 0 Å². The lowest BCUT2D eigenvalue weighted by Gasteiger charge is -2.04. The molecule has 0 bridgehead atoms. The molecule has 0 amide bonds. The molecule has 1 aromatic rings. The third-order valence-corrected chi connectivity index (χ3v) is 1.92. The minimum absolute atomic E-state index is 0. The molecule has 0 spiro atoms. The van der Waals surface area contributed by atoms with E-state index in [0.29, 0.717) is 5.56 Å². The predicted molar refractivity (Wildman–Crippen MR) is 59.6 cm³/mol. The van der Waals surface area contributed by atoms with Crippen molar-refractivity contribution in [2.24, 2.45) is 5.73 Å². The van der Waals surface area contributed by atoms with Crippen LogP contribution in [-0.2, 0) is 0 Å². The smallest absolute Gasteiger partial charge is 0.324 e. The summed E-state index contributed by atoms with van der Waals surface area (Å²) in [5.74, 6) is 0. The zero-order chi connectivity index (χ0) is 11.6. The highest BCUT2D eigenvalue weighted by Gasteiger charge is 2.24. The van der Waals surface area contributed by atoms with Gasteiger partial charge in [-0.25, -0.2) is 0 Å². The number of hydrogen-bond donors (Lipinski definition) is 1. The van der Waals surface area contributed by atoms with E-state index in [4.69, 9.17) is 5.73 Å². The molecule has 88 valence electrons. The Morgan fingerprint density at radius 2 is 1.69 bits per heavy atom. The zero-order valence-electron chi connectivity index (χ0n) is 8.32. The number of halogens is 1. The van der Waals surface area contributed by atoms with Crippen LogP contribution in [0.4, 0.5) is 11.4 Å². The van der Waals surface area contributed by atoms with Crippen LogP contribution in [0.5, 0.6) is 0 Å². The topological polar surface area (TPSA) is 112 Å². The summed E-state index contributed by atoms with van der Waals surface area (Å²) in [6.07, 6.45) is 0. The van der Waals surface area contributed by atoms with E-state index in [1.165, 1.54) is 6.07 Å². The van der Waals surface area contributed by atoms with Crippen molar-refractivity contribution in [2.45, 2.75) is 13.0 Å². The second-order valence-corrected chi connectivity index (χ2v) is 3.05. The maximum absolute atomic E-state index is 10.6. The maximum atomic E-state index is 10.6. The Labute approximate surface area is 97.0 Å². The summed E-state index contributed by atoms with van der Waals surface area (Å²) in [4.78, 5) is 19.5. The highest BCUT2D eigenvalue weighted by atomic mass is 35.5. The summed E-state index contributed by atoms with van der Waals surface area (Å²) < 4.78 is 0. The first-order valence-electron chi connectivity index (χ1n) is 4.11. The highest BCUT2D eigenvalue weighted by Crippen LogP contribution is 2.28. The van der Waals surface area contributed by atoms with Gasteiger partial charge in [-0.2, -0.15) is 0 Å². The summed E-state index contributed by atoms with van der Waals surface area (Å²) in [5.41, 5.74) is 4.95. The van der Waals surface area contributed by atoms with Gasteiger partial charge in [-0.3, -0.25) is 20.2 Å². The average Bonchev–Trinajstić information content (AvgIpc) is 2.16. The molecule has 0 aliphatic carbocycles. The molecule has 1 rings (SSSR count). The Morgan fingerprint density at radius 1 is 1.19 bits per heavy atom. The second kappa shape index (κ2) is 5.38. The molecule has 16 heavy (non-hydrogen) atoms. The minimum Gasteiger partial charge on any atom is -0.324 e. The third-order valence-electron chi connectivity index (χ3n) is 1.92.